The number of hydrogen-bond acceptors (Lipinski definition) is 5. The molecule has 0 aliphatic heterocycles. The van der Waals surface area contributed by atoms with Gasteiger partial charge in [-0.3, -0.25) is 0 Å². The SMILES string of the molecule is O=C(O)c1cnc(Nc2ccc3ncsc3c2)c(Cl)c1. The molecule has 0 saturated carbocycles. The number of carboxylic acids is 1. The maximum absolute atomic E-state index is 10.8. The standard InChI is InChI=1S/C13H8ClN3O2S/c14-9-3-7(13(18)19)5-15-12(9)17-8-1-2-10-11(4-8)20-6-16-10/h1-6H,(H,15,17)(H,18,19). The van der Waals surface area contributed by atoms with Gasteiger partial charge in [-0.05, 0) is 24.3 Å². The maximum Gasteiger partial charge on any atom is 0.337 e. The normalized spacial score (nSPS) is 10.7. The van der Waals surface area contributed by atoms with E-state index in [-0.39, 0.29) is 10.6 Å². The quantitative estimate of drug-likeness (QED) is 0.770. The van der Waals surface area contributed by atoms with Crippen LogP contribution in [0, 0.1) is 0 Å². The van der Waals surface area contributed by atoms with Crippen LogP contribution in [0.3, 0.4) is 0 Å². The predicted octanol–water partition coefficient (Wildman–Crippen LogP) is 3.79. The molecule has 0 bridgehead atoms. The fraction of sp³-hybridized carbons (Fsp3) is 0. The number of thiazole rings is 1. The Balaban J connectivity index is 1.92. The molecular formula is C13H8ClN3O2S. The lowest BCUT2D eigenvalue weighted by Gasteiger charge is -2.07. The van der Waals surface area contributed by atoms with E-state index in [1.165, 1.54) is 12.3 Å². The first kappa shape index (κ1) is 12.8. The van der Waals surface area contributed by atoms with E-state index in [0.717, 1.165) is 15.9 Å². The summed E-state index contributed by atoms with van der Waals surface area (Å²) < 4.78 is 1.05. The minimum absolute atomic E-state index is 0.0541. The molecule has 100 valence electrons. The molecule has 2 N–H and O–H groups in total. The Labute approximate surface area is 122 Å². The average molecular weight is 306 g/mol. The largest absolute Gasteiger partial charge is 0.478 e. The van der Waals surface area contributed by atoms with Gasteiger partial charge < -0.3 is 10.4 Å². The molecule has 20 heavy (non-hydrogen) atoms. The van der Waals surface area contributed by atoms with Crippen molar-refractivity contribution in [3.05, 3.63) is 46.6 Å². The molecule has 0 aliphatic rings. The fourth-order valence-electron chi connectivity index (χ4n) is 1.72. The Morgan fingerprint density at radius 2 is 2.15 bits per heavy atom. The summed E-state index contributed by atoms with van der Waals surface area (Å²) in [6, 6.07) is 7.07. The minimum Gasteiger partial charge on any atom is -0.478 e. The molecule has 5 nitrogen and oxygen atoms in total. The number of aromatic carboxylic acids is 1. The van der Waals surface area contributed by atoms with Crippen LogP contribution in [0.1, 0.15) is 10.4 Å². The van der Waals surface area contributed by atoms with Gasteiger partial charge in [0.1, 0.15) is 5.82 Å². The number of aromatic nitrogens is 2. The van der Waals surface area contributed by atoms with Crippen molar-refractivity contribution in [3.63, 3.8) is 0 Å². The molecule has 2 heterocycles. The number of hydrogen-bond donors (Lipinski definition) is 2. The zero-order valence-electron chi connectivity index (χ0n) is 10.0. The number of benzene rings is 1. The first-order valence-electron chi connectivity index (χ1n) is 5.62. The highest BCUT2D eigenvalue weighted by Crippen LogP contribution is 2.27. The summed E-state index contributed by atoms with van der Waals surface area (Å²) in [6.45, 7) is 0. The number of fused-ring (bicyclic) bond motifs is 1. The van der Waals surface area contributed by atoms with Crippen molar-refractivity contribution in [2.45, 2.75) is 0 Å². The molecule has 0 amide bonds. The van der Waals surface area contributed by atoms with E-state index in [4.69, 9.17) is 16.7 Å². The van der Waals surface area contributed by atoms with Gasteiger partial charge in [-0.15, -0.1) is 11.3 Å². The molecule has 3 aromatic rings. The Hall–Kier alpha value is -2.18. The molecule has 0 radical (unpaired) electrons. The molecule has 7 heteroatoms. The smallest absolute Gasteiger partial charge is 0.337 e. The fourth-order valence-corrected chi connectivity index (χ4v) is 2.65. The summed E-state index contributed by atoms with van der Waals surface area (Å²) in [5.41, 5.74) is 3.58. The van der Waals surface area contributed by atoms with Crippen LogP contribution in [-0.2, 0) is 0 Å². The van der Waals surface area contributed by atoms with Crippen molar-refractivity contribution >= 4 is 50.6 Å². The Bertz CT molecular complexity index is 803. The lowest BCUT2D eigenvalue weighted by Crippen LogP contribution is -2.00. The lowest BCUT2D eigenvalue weighted by atomic mass is 10.2. The number of pyridine rings is 1. The van der Waals surface area contributed by atoms with E-state index in [9.17, 15) is 4.79 Å². The van der Waals surface area contributed by atoms with Crippen molar-refractivity contribution in [2.24, 2.45) is 0 Å². The summed E-state index contributed by atoms with van der Waals surface area (Å²) >= 11 is 7.56. The van der Waals surface area contributed by atoms with E-state index in [1.807, 2.05) is 18.2 Å². The molecule has 0 atom stereocenters. The van der Waals surface area contributed by atoms with Crippen LogP contribution in [0.5, 0.6) is 0 Å². The number of halogens is 1. The average Bonchev–Trinajstić information content (AvgIpc) is 2.88. The second-order valence-corrected chi connectivity index (χ2v) is 5.31. The van der Waals surface area contributed by atoms with Crippen molar-refractivity contribution < 1.29 is 9.90 Å². The number of rotatable bonds is 3. The third kappa shape index (κ3) is 2.43. The van der Waals surface area contributed by atoms with Crippen molar-refractivity contribution in [1.82, 2.24) is 9.97 Å². The van der Waals surface area contributed by atoms with Gasteiger partial charge in [0, 0.05) is 11.9 Å². The monoisotopic (exact) mass is 305 g/mol. The highest BCUT2D eigenvalue weighted by atomic mass is 35.5. The van der Waals surface area contributed by atoms with E-state index >= 15 is 0 Å². The molecule has 3 rings (SSSR count). The summed E-state index contributed by atoms with van der Waals surface area (Å²) in [7, 11) is 0. The van der Waals surface area contributed by atoms with Crippen LogP contribution in [-0.4, -0.2) is 21.0 Å². The van der Waals surface area contributed by atoms with Gasteiger partial charge in [0.05, 0.1) is 26.3 Å². The van der Waals surface area contributed by atoms with Gasteiger partial charge in [-0.2, -0.15) is 0 Å². The molecule has 2 aromatic heterocycles. The highest BCUT2D eigenvalue weighted by Gasteiger charge is 2.09. The lowest BCUT2D eigenvalue weighted by molar-refractivity contribution is 0.0696. The van der Waals surface area contributed by atoms with E-state index in [0.29, 0.717) is 5.82 Å². The number of nitrogens with one attached hydrogen (secondary N) is 1. The van der Waals surface area contributed by atoms with Crippen molar-refractivity contribution in [1.29, 1.82) is 0 Å². The zero-order valence-corrected chi connectivity index (χ0v) is 11.6. The predicted molar refractivity (Wildman–Crippen MR) is 79.1 cm³/mol. The second kappa shape index (κ2) is 5.07. The number of anilines is 2. The van der Waals surface area contributed by atoms with E-state index in [2.05, 4.69) is 15.3 Å². The molecule has 0 aliphatic carbocycles. The van der Waals surface area contributed by atoms with Gasteiger partial charge in [0.15, 0.2) is 0 Å². The van der Waals surface area contributed by atoms with Crippen LogP contribution in [0.25, 0.3) is 10.2 Å². The van der Waals surface area contributed by atoms with Crippen LogP contribution in [0.15, 0.2) is 36.0 Å². The Morgan fingerprint density at radius 1 is 1.30 bits per heavy atom. The van der Waals surface area contributed by atoms with E-state index < -0.39 is 5.97 Å². The number of carbonyl (C=O) groups is 1. The van der Waals surface area contributed by atoms with Crippen LogP contribution < -0.4 is 5.32 Å². The first-order valence-corrected chi connectivity index (χ1v) is 6.88. The Morgan fingerprint density at radius 3 is 2.90 bits per heavy atom. The molecule has 0 fully saturated rings. The molecular weight excluding hydrogens is 298 g/mol. The maximum atomic E-state index is 10.8. The first-order chi connectivity index (χ1) is 9.63. The van der Waals surface area contributed by atoms with Gasteiger partial charge in [0.25, 0.3) is 0 Å². The summed E-state index contributed by atoms with van der Waals surface area (Å²) in [4.78, 5) is 19.0. The van der Waals surface area contributed by atoms with Gasteiger partial charge in [-0.25, -0.2) is 14.8 Å². The zero-order chi connectivity index (χ0) is 14.1. The van der Waals surface area contributed by atoms with Gasteiger partial charge >= 0.3 is 5.97 Å². The summed E-state index contributed by atoms with van der Waals surface area (Å²) in [6.07, 6.45) is 1.27. The topological polar surface area (TPSA) is 75.1 Å². The number of nitrogens with zero attached hydrogens (tertiary/aromatic N) is 2. The van der Waals surface area contributed by atoms with Crippen LogP contribution in [0.4, 0.5) is 11.5 Å². The van der Waals surface area contributed by atoms with E-state index in [1.54, 1.807) is 16.8 Å². The molecule has 0 saturated heterocycles. The second-order valence-electron chi connectivity index (χ2n) is 4.02. The van der Waals surface area contributed by atoms with Crippen LogP contribution in [0.2, 0.25) is 5.02 Å². The van der Waals surface area contributed by atoms with Crippen molar-refractivity contribution in [2.75, 3.05) is 5.32 Å². The molecule has 1 aromatic carbocycles. The summed E-state index contributed by atoms with van der Waals surface area (Å²) in [5, 5.41) is 12.2. The van der Waals surface area contributed by atoms with Crippen molar-refractivity contribution in [3.8, 4) is 0 Å². The van der Waals surface area contributed by atoms with Crippen LogP contribution >= 0.6 is 22.9 Å². The van der Waals surface area contributed by atoms with Gasteiger partial charge in [-0.1, -0.05) is 11.6 Å². The third-order valence-corrected chi connectivity index (χ3v) is 3.76. The molecule has 0 unspecified atom stereocenters. The Kier molecular flexibility index (Phi) is 3.25. The number of carboxylic acid groups (broad SMARTS) is 1. The molecule has 0 spiro atoms. The highest BCUT2D eigenvalue weighted by molar-refractivity contribution is 7.16. The third-order valence-electron chi connectivity index (χ3n) is 2.68. The summed E-state index contributed by atoms with van der Waals surface area (Å²) in [5.74, 6) is -0.641. The minimum atomic E-state index is -1.06. The van der Waals surface area contributed by atoms with Gasteiger partial charge in [0.2, 0.25) is 0 Å².